The summed E-state index contributed by atoms with van der Waals surface area (Å²) in [6.07, 6.45) is 0.792. The minimum absolute atomic E-state index is 0. The Bertz CT molecular complexity index is 348. The highest BCUT2D eigenvalue weighted by molar-refractivity contribution is 5.85. The van der Waals surface area contributed by atoms with Crippen molar-refractivity contribution in [3.8, 4) is 0 Å². The van der Waals surface area contributed by atoms with Gasteiger partial charge in [-0.15, -0.1) is 12.4 Å². The Hall–Kier alpha value is -0.940. The van der Waals surface area contributed by atoms with Gasteiger partial charge in [-0.2, -0.15) is 0 Å². The molecule has 0 unspecified atom stereocenters. The topological polar surface area (TPSA) is 61.4 Å². The van der Waals surface area contributed by atoms with Gasteiger partial charge in [0.15, 0.2) is 5.72 Å². The van der Waals surface area contributed by atoms with Crippen LogP contribution in [0.3, 0.4) is 0 Å². The summed E-state index contributed by atoms with van der Waals surface area (Å²) in [5.74, 6) is 0. The fourth-order valence-corrected chi connectivity index (χ4v) is 1.73. The molecule has 1 heterocycles. The number of aliphatic hydroxyl groups is 1. The van der Waals surface area contributed by atoms with Gasteiger partial charge in [-0.05, 0) is 5.56 Å². The fraction of sp³-hybridized carbons (Fsp3) is 0.364. The predicted molar refractivity (Wildman–Crippen MR) is 63.8 cm³/mol. The highest BCUT2D eigenvalue weighted by Gasteiger charge is 2.30. The molecule has 16 heavy (non-hydrogen) atoms. The van der Waals surface area contributed by atoms with Gasteiger partial charge in [-0.25, -0.2) is 0 Å². The van der Waals surface area contributed by atoms with Crippen LogP contribution < -0.4 is 10.6 Å². The van der Waals surface area contributed by atoms with E-state index in [0.717, 1.165) is 24.9 Å². The van der Waals surface area contributed by atoms with Crippen LogP contribution in [0.4, 0.5) is 0 Å². The molecule has 5 heteroatoms. The first-order valence-corrected chi connectivity index (χ1v) is 4.98. The fourth-order valence-electron chi connectivity index (χ4n) is 1.73. The number of halogens is 1. The lowest BCUT2D eigenvalue weighted by atomic mass is 10.00. The second-order valence-electron chi connectivity index (χ2n) is 3.70. The van der Waals surface area contributed by atoms with Gasteiger partial charge in [0.25, 0.3) is 0 Å². The molecule has 0 aromatic heterocycles. The van der Waals surface area contributed by atoms with E-state index < -0.39 is 5.72 Å². The van der Waals surface area contributed by atoms with Crippen LogP contribution in [0.5, 0.6) is 0 Å². The van der Waals surface area contributed by atoms with E-state index in [1.165, 1.54) is 0 Å². The highest BCUT2D eigenvalue weighted by Crippen LogP contribution is 2.18. The minimum atomic E-state index is -1.01. The monoisotopic (exact) mass is 242 g/mol. The van der Waals surface area contributed by atoms with Crippen molar-refractivity contribution in [1.82, 2.24) is 10.6 Å². The van der Waals surface area contributed by atoms with Crippen molar-refractivity contribution < 1.29 is 9.90 Å². The zero-order valence-corrected chi connectivity index (χ0v) is 9.59. The molecule has 2 rings (SSSR count). The Labute approximate surface area is 100 Å². The lowest BCUT2D eigenvalue weighted by Crippen LogP contribution is -2.56. The van der Waals surface area contributed by atoms with Crippen molar-refractivity contribution in [3.05, 3.63) is 35.4 Å². The van der Waals surface area contributed by atoms with Crippen LogP contribution in [0, 0.1) is 0 Å². The summed E-state index contributed by atoms with van der Waals surface area (Å²) in [5, 5.41) is 16.4. The summed E-state index contributed by atoms with van der Waals surface area (Å²) in [6, 6.07) is 6.95. The number of benzene rings is 1. The zero-order valence-electron chi connectivity index (χ0n) is 8.77. The maximum Gasteiger partial charge on any atom is 0.154 e. The molecule has 3 N–H and O–H groups in total. The van der Waals surface area contributed by atoms with E-state index in [1.54, 1.807) is 24.3 Å². The van der Waals surface area contributed by atoms with Crippen LogP contribution >= 0.6 is 12.4 Å². The quantitative estimate of drug-likeness (QED) is 0.651. The SMILES string of the molecule is Cl.O=Cc1ccc([C@@]2(O)CNCCN2)cc1. The standard InChI is InChI=1S/C11H14N2O2.ClH/c14-7-9-1-3-10(4-2-9)11(15)8-12-5-6-13-11;/h1-4,7,12-13,15H,5-6,8H2;1H/t11-;/m0./s1. The number of carbonyl (C=O) groups excluding carboxylic acids is 1. The molecule has 4 nitrogen and oxygen atoms in total. The molecule has 1 aromatic rings. The van der Waals surface area contributed by atoms with Crippen molar-refractivity contribution in [2.45, 2.75) is 5.72 Å². The van der Waals surface area contributed by atoms with Crippen molar-refractivity contribution in [2.75, 3.05) is 19.6 Å². The maximum absolute atomic E-state index is 10.5. The molecule has 0 radical (unpaired) electrons. The Kier molecular flexibility index (Phi) is 4.44. The van der Waals surface area contributed by atoms with Crippen molar-refractivity contribution in [1.29, 1.82) is 0 Å². The van der Waals surface area contributed by atoms with Crippen LogP contribution in [-0.2, 0) is 5.72 Å². The molecule has 1 aliphatic rings. The first-order chi connectivity index (χ1) is 7.24. The molecule has 0 aliphatic carbocycles. The summed E-state index contributed by atoms with van der Waals surface area (Å²) < 4.78 is 0. The van der Waals surface area contributed by atoms with Crippen LogP contribution in [0.15, 0.2) is 24.3 Å². The number of carbonyl (C=O) groups is 1. The number of hydrogen-bond donors (Lipinski definition) is 3. The molecule has 0 spiro atoms. The molecule has 0 saturated carbocycles. The predicted octanol–water partition coefficient (Wildman–Crippen LogP) is 0.259. The molecular weight excluding hydrogens is 228 g/mol. The first-order valence-electron chi connectivity index (χ1n) is 4.98. The van der Waals surface area contributed by atoms with Gasteiger partial charge in [0.05, 0.1) is 0 Å². The van der Waals surface area contributed by atoms with E-state index in [-0.39, 0.29) is 12.4 Å². The van der Waals surface area contributed by atoms with Crippen LogP contribution in [0.1, 0.15) is 15.9 Å². The normalized spacial score (nSPS) is 24.6. The largest absolute Gasteiger partial charge is 0.370 e. The molecule has 0 amide bonds. The number of rotatable bonds is 2. The minimum Gasteiger partial charge on any atom is -0.370 e. The third-order valence-electron chi connectivity index (χ3n) is 2.62. The van der Waals surface area contributed by atoms with E-state index in [0.29, 0.717) is 12.1 Å². The number of hydrogen-bond acceptors (Lipinski definition) is 4. The van der Waals surface area contributed by atoms with Crippen molar-refractivity contribution in [3.63, 3.8) is 0 Å². The van der Waals surface area contributed by atoms with E-state index in [9.17, 15) is 9.90 Å². The van der Waals surface area contributed by atoms with Gasteiger partial charge >= 0.3 is 0 Å². The van der Waals surface area contributed by atoms with Gasteiger partial charge in [0.2, 0.25) is 0 Å². The Morgan fingerprint density at radius 1 is 1.25 bits per heavy atom. The second-order valence-corrected chi connectivity index (χ2v) is 3.70. The molecule has 0 bridgehead atoms. The molecule has 1 saturated heterocycles. The third kappa shape index (κ3) is 2.59. The maximum atomic E-state index is 10.5. The zero-order chi connectivity index (χ0) is 10.7. The van der Waals surface area contributed by atoms with Crippen molar-refractivity contribution >= 4 is 18.7 Å². The molecule has 1 aliphatic heterocycles. The summed E-state index contributed by atoms with van der Waals surface area (Å²) in [5.41, 5.74) is 0.381. The average molecular weight is 243 g/mol. The number of β-amino-alcohol motifs (C(OH)–C–C–N with tert-alkyl or cyclic N) is 1. The lowest BCUT2D eigenvalue weighted by Gasteiger charge is -2.34. The molecule has 1 fully saturated rings. The Balaban J connectivity index is 0.00000128. The first kappa shape index (κ1) is 13.1. The molecule has 1 aromatic carbocycles. The van der Waals surface area contributed by atoms with Gasteiger partial charge < -0.3 is 10.4 Å². The van der Waals surface area contributed by atoms with Gasteiger partial charge in [0, 0.05) is 25.2 Å². The number of piperazine rings is 1. The second kappa shape index (κ2) is 5.41. The molecular formula is C11H15ClN2O2. The third-order valence-corrected chi connectivity index (χ3v) is 2.62. The average Bonchev–Trinajstić information content (AvgIpc) is 2.30. The smallest absolute Gasteiger partial charge is 0.154 e. The summed E-state index contributed by atoms with van der Waals surface area (Å²) >= 11 is 0. The van der Waals surface area contributed by atoms with E-state index in [4.69, 9.17) is 0 Å². The number of aldehydes is 1. The highest BCUT2D eigenvalue weighted by atomic mass is 35.5. The van der Waals surface area contributed by atoms with Crippen LogP contribution in [0.2, 0.25) is 0 Å². The molecule has 1 atom stereocenters. The molecule has 88 valence electrons. The van der Waals surface area contributed by atoms with Crippen molar-refractivity contribution in [2.24, 2.45) is 0 Å². The van der Waals surface area contributed by atoms with Crippen LogP contribution in [0.25, 0.3) is 0 Å². The van der Waals surface area contributed by atoms with E-state index >= 15 is 0 Å². The summed E-state index contributed by atoms with van der Waals surface area (Å²) in [7, 11) is 0. The Morgan fingerprint density at radius 2 is 1.94 bits per heavy atom. The van der Waals surface area contributed by atoms with Gasteiger partial charge in [0.1, 0.15) is 6.29 Å². The van der Waals surface area contributed by atoms with Gasteiger partial charge in [-0.3, -0.25) is 10.1 Å². The summed E-state index contributed by atoms with van der Waals surface area (Å²) in [4.78, 5) is 10.5. The number of nitrogens with one attached hydrogen (secondary N) is 2. The van der Waals surface area contributed by atoms with Gasteiger partial charge in [-0.1, -0.05) is 24.3 Å². The van der Waals surface area contributed by atoms with E-state index in [1.807, 2.05) is 0 Å². The van der Waals surface area contributed by atoms with E-state index in [2.05, 4.69) is 10.6 Å². The van der Waals surface area contributed by atoms with Crippen LogP contribution in [-0.4, -0.2) is 31.0 Å². The Morgan fingerprint density at radius 3 is 2.44 bits per heavy atom. The lowest BCUT2D eigenvalue weighted by molar-refractivity contribution is -0.0113. The summed E-state index contributed by atoms with van der Waals surface area (Å²) in [6.45, 7) is 2.06.